The highest BCUT2D eigenvalue weighted by molar-refractivity contribution is 6.11. The molecule has 0 amide bonds. The second-order valence-corrected chi connectivity index (χ2v) is 7.76. The van der Waals surface area contributed by atoms with E-state index in [4.69, 9.17) is 4.74 Å². The number of carbonyl (C=O) groups excluding carboxylic acids is 1. The van der Waals surface area contributed by atoms with Gasteiger partial charge in [-0.2, -0.15) is 13.2 Å². The Bertz CT molecular complexity index is 1630. The molecule has 5 aromatic rings. The second kappa shape index (κ2) is 8.73. The van der Waals surface area contributed by atoms with Crippen LogP contribution in [0.3, 0.4) is 0 Å². The van der Waals surface area contributed by atoms with E-state index in [9.17, 15) is 27.9 Å². The maximum Gasteiger partial charge on any atom is 0.491 e. The summed E-state index contributed by atoms with van der Waals surface area (Å²) in [4.78, 5) is 30.7. The van der Waals surface area contributed by atoms with Gasteiger partial charge in [-0.25, -0.2) is 14.6 Å². The monoisotopic (exact) mass is 492 g/mol. The smallest absolute Gasteiger partial charge is 0.478 e. The first kappa shape index (κ1) is 22.9. The van der Waals surface area contributed by atoms with Crippen LogP contribution in [0.4, 0.5) is 13.2 Å². The van der Waals surface area contributed by atoms with E-state index in [0.717, 1.165) is 6.07 Å². The van der Waals surface area contributed by atoms with E-state index >= 15 is 0 Å². The molecule has 7 nitrogen and oxygen atoms in total. The molecule has 4 aromatic carbocycles. The SMILES string of the molecule is O=C(O)c1cc(OC(=O)C(F)(F)F)c2c(ccc3[nH]c(-c4cccc(Oc5ccccc5)c4)nc32)c1. The fourth-order valence-corrected chi connectivity index (χ4v) is 3.72. The lowest BCUT2D eigenvalue weighted by molar-refractivity contribution is -0.189. The van der Waals surface area contributed by atoms with Crippen LogP contribution >= 0.6 is 0 Å². The maximum atomic E-state index is 12.9. The van der Waals surface area contributed by atoms with Crippen molar-refractivity contribution in [2.24, 2.45) is 0 Å². The topological polar surface area (TPSA) is 102 Å². The normalized spacial score (nSPS) is 11.5. The summed E-state index contributed by atoms with van der Waals surface area (Å²) in [5, 5.41) is 9.67. The Morgan fingerprint density at radius 1 is 0.889 bits per heavy atom. The van der Waals surface area contributed by atoms with Crippen molar-refractivity contribution < 1.29 is 37.3 Å². The molecule has 1 heterocycles. The summed E-state index contributed by atoms with van der Waals surface area (Å²) < 4.78 is 49.2. The number of ether oxygens (including phenoxy) is 2. The second-order valence-electron chi connectivity index (χ2n) is 7.76. The number of hydrogen-bond acceptors (Lipinski definition) is 5. The highest BCUT2D eigenvalue weighted by atomic mass is 19.4. The lowest BCUT2D eigenvalue weighted by atomic mass is 10.0. The van der Waals surface area contributed by atoms with Crippen molar-refractivity contribution in [3.63, 3.8) is 0 Å². The van der Waals surface area contributed by atoms with Crippen molar-refractivity contribution in [1.29, 1.82) is 0 Å². The summed E-state index contributed by atoms with van der Waals surface area (Å²) in [6, 6.07) is 21.4. The number of aromatic carboxylic acids is 1. The van der Waals surface area contributed by atoms with Gasteiger partial charge in [0.15, 0.2) is 0 Å². The van der Waals surface area contributed by atoms with E-state index < -0.39 is 23.9 Å². The minimum atomic E-state index is -5.27. The molecule has 0 saturated heterocycles. The molecule has 0 unspecified atom stereocenters. The molecule has 180 valence electrons. The average Bonchev–Trinajstić information content (AvgIpc) is 3.28. The number of rotatable bonds is 5. The van der Waals surface area contributed by atoms with Gasteiger partial charge in [-0.15, -0.1) is 0 Å². The fourth-order valence-electron chi connectivity index (χ4n) is 3.72. The van der Waals surface area contributed by atoms with Crippen LogP contribution < -0.4 is 9.47 Å². The molecule has 0 saturated carbocycles. The summed E-state index contributed by atoms with van der Waals surface area (Å²) in [6.45, 7) is 0. The van der Waals surface area contributed by atoms with E-state index in [1.54, 1.807) is 42.5 Å². The fraction of sp³-hybridized carbons (Fsp3) is 0.0385. The Balaban J connectivity index is 1.62. The minimum Gasteiger partial charge on any atom is -0.478 e. The summed E-state index contributed by atoms with van der Waals surface area (Å²) in [5.41, 5.74) is 0.940. The zero-order valence-corrected chi connectivity index (χ0v) is 18.2. The number of aromatic nitrogens is 2. The van der Waals surface area contributed by atoms with Crippen molar-refractivity contribution in [2.75, 3.05) is 0 Å². The summed E-state index contributed by atoms with van der Waals surface area (Å²) in [5.74, 6) is -2.86. The van der Waals surface area contributed by atoms with Crippen LogP contribution in [0.15, 0.2) is 78.9 Å². The number of carboxylic acids is 1. The molecule has 0 aliphatic heterocycles. The summed E-state index contributed by atoms with van der Waals surface area (Å²) >= 11 is 0. The zero-order valence-electron chi connectivity index (χ0n) is 18.2. The number of para-hydroxylation sites is 1. The first-order valence-electron chi connectivity index (χ1n) is 10.5. The standard InChI is InChI=1S/C26H15F3N2O5/c27-26(28,29)25(34)36-20-13-16(24(32)33)11-14-9-10-19-22(21(14)20)31-23(30-19)15-5-4-8-18(12-15)35-17-6-2-1-3-7-17/h1-13H,(H,30,31)(H,32,33). The predicted molar refractivity (Wildman–Crippen MR) is 124 cm³/mol. The number of H-pyrrole nitrogens is 1. The third-order valence-corrected chi connectivity index (χ3v) is 5.30. The van der Waals surface area contributed by atoms with Gasteiger partial charge in [0, 0.05) is 5.56 Å². The number of aromatic amines is 1. The number of carbonyl (C=O) groups is 2. The van der Waals surface area contributed by atoms with Crippen LogP contribution in [0, 0.1) is 0 Å². The van der Waals surface area contributed by atoms with E-state index in [2.05, 4.69) is 14.7 Å². The molecule has 2 N–H and O–H groups in total. The number of fused-ring (bicyclic) bond motifs is 3. The molecule has 0 radical (unpaired) electrons. The van der Waals surface area contributed by atoms with Gasteiger partial charge in [0.1, 0.15) is 28.6 Å². The number of esters is 1. The Morgan fingerprint density at radius 3 is 2.36 bits per heavy atom. The average molecular weight is 492 g/mol. The molecular formula is C26H15F3N2O5. The van der Waals surface area contributed by atoms with Crippen molar-refractivity contribution in [3.8, 4) is 28.6 Å². The lowest BCUT2D eigenvalue weighted by Gasteiger charge is -2.11. The Morgan fingerprint density at radius 2 is 1.64 bits per heavy atom. The van der Waals surface area contributed by atoms with Gasteiger partial charge in [-0.1, -0.05) is 36.4 Å². The van der Waals surface area contributed by atoms with Crippen LogP contribution in [0.25, 0.3) is 33.2 Å². The number of imidazole rings is 1. The quantitative estimate of drug-likeness (QED) is 0.219. The number of carboxylic acid groups (broad SMARTS) is 1. The Hall–Kier alpha value is -4.86. The summed E-state index contributed by atoms with van der Waals surface area (Å²) in [7, 11) is 0. The predicted octanol–water partition coefficient (Wildman–Crippen LogP) is 6.34. The number of alkyl halides is 3. The maximum absolute atomic E-state index is 12.9. The molecule has 0 bridgehead atoms. The van der Waals surface area contributed by atoms with Crippen LogP contribution in [0.1, 0.15) is 10.4 Å². The highest BCUT2D eigenvalue weighted by Gasteiger charge is 2.41. The molecule has 36 heavy (non-hydrogen) atoms. The van der Waals surface area contributed by atoms with Gasteiger partial charge in [-0.05, 0) is 47.9 Å². The van der Waals surface area contributed by atoms with E-state index in [1.807, 2.05) is 18.2 Å². The molecule has 10 heteroatoms. The number of halogens is 3. The van der Waals surface area contributed by atoms with Crippen LogP contribution in [0.2, 0.25) is 0 Å². The Kier molecular flexibility index (Phi) is 5.56. The van der Waals surface area contributed by atoms with E-state index in [-0.39, 0.29) is 21.9 Å². The third-order valence-electron chi connectivity index (χ3n) is 5.30. The van der Waals surface area contributed by atoms with Crippen molar-refractivity contribution in [2.45, 2.75) is 6.18 Å². The summed E-state index contributed by atoms with van der Waals surface area (Å²) in [6.07, 6.45) is -5.27. The number of nitrogens with zero attached hydrogens (tertiary/aromatic N) is 1. The van der Waals surface area contributed by atoms with Gasteiger partial charge in [-0.3, -0.25) is 0 Å². The highest BCUT2D eigenvalue weighted by Crippen LogP contribution is 2.36. The molecule has 0 fully saturated rings. The van der Waals surface area contributed by atoms with Crippen LogP contribution in [-0.4, -0.2) is 33.2 Å². The number of hydrogen-bond donors (Lipinski definition) is 2. The van der Waals surface area contributed by atoms with Crippen molar-refractivity contribution in [3.05, 3.63) is 84.4 Å². The number of nitrogens with one attached hydrogen (secondary N) is 1. The number of benzene rings is 4. The van der Waals surface area contributed by atoms with Crippen LogP contribution in [0.5, 0.6) is 17.2 Å². The molecule has 0 aliphatic rings. The zero-order chi connectivity index (χ0) is 25.4. The Labute approximate surface area is 200 Å². The molecular weight excluding hydrogens is 477 g/mol. The van der Waals surface area contributed by atoms with Gasteiger partial charge in [0.05, 0.1) is 16.5 Å². The van der Waals surface area contributed by atoms with Crippen molar-refractivity contribution in [1.82, 2.24) is 9.97 Å². The van der Waals surface area contributed by atoms with Crippen LogP contribution in [-0.2, 0) is 4.79 Å². The molecule has 0 spiro atoms. The van der Waals surface area contributed by atoms with Gasteiger partial charge >= 0.3 is 18.1 Å². The van der Waals surface area contributed by atoms with Gasteiger partial charge in [0.2, 0.25) is 0 Å². The largest absolute Gasteiger partial charge is 0.491 e. The molecule has 5 rings (SSSR count). The molecule has 0 aliphatic carbocycles. The first-order chi connectivity index (χ1) is 17.2. The van der Waals surface area contributed by atoms with E-state index in [0.29, 0.717) is 28.4 Å². The molecule has 0 atom stereocenters. The molecule has 1 aromatic heterocycles. The lowest BCUT2D eigenvalue weighted by Crippen LogP contribution is -2.28. The van der Waals surface area contributed by atoms with E-state index in [1.165, 1.54) is 12.1 Å². The third kappa shape index (κ3) is 4.43. The van der Waals surface area contributed by atoms with Crippen molar-refractivity contribution >= 4 is 33.7 Å². The van der Waals surface area contributed by atoms with Gasteiger partial charge < -0.3 is 19.6 Å². The van der Waals surface area contributed by atoms with Gasteiger partial charge in [0.25, 0.3) is 0 Å². The first-order valence-corrected chi connectivity index (χ1v) is 10.5. The minimum absolute atomic E-state index is 0.0642.